The van der Waals surface area contributed by atoms with Crippen molar-refractivity contribution in [1.82, 2.24) is 5.43 Å². The number of hydrogen-bond donors (Lipinski definition) is 1. The molecule has 0 aliphatic heterocycles. The summed E-state index contributed by atoms with van der Waals surface area (Å²) >= 11 is 3.35. The molecule has 0 aliphatic carbocycles. The molecule has 34 heavy (non-hydrogen) atoms. The summed E-state index contributed by atoms with van der Waals surface area (Å²) in [5.74, 6) is 0.851. The SMILES string of the molecule is CCCOc1ccc(C(=O)Oc2ccc(/C=N\NC(=O)[C@@H](C)Oc3ccc(Br)cc3)cc2)cc1. The number of nitrogens with zero attached hydrogens (tertiary/aromatic N) is 1. The fourth-order valence-corrected chi connectivity index (χ4v) is 2.99. The molecule has 0 aromatic heterocycles. The van der Waals surface area contributed by atoms with Gasteiger partial charge in [0, 0.05) is 4.47 Å². The normalized spacial score (nSPS) is 11.6. The Morgan fingerprint density at radius 1 is 0.941 bits per heavy atom. The van der Waals surface area contributed by atoms with Crippen LogP contribution < -0.4 is 19.6 Å². The molecule has 0 unspecified atom stereocenters. The van der Waals surface area contributed by atoms with E-state index >= 15 is 0 Å². The van der Waals surface area contributed by atoms with Crippen LogP contribution in [0.4, 0.5) is 0 Å². The van der Waals surface area contributed by atoms with Gasteiger partial charge in [0.25, 0.3) is 5.91 Å². The van der Waals surface area contributed by atoms with Crippen molar-refractivity contribution in [2.45, 2.75) is 26.4 Å². The Labute approximate surface area is 206 Å². The molecular formula is C26H25BrN2O5. The second-order valence-corrected chi connectivity index (χ2v) is 8.20. The van der Waals surface area contributed by atoms with Gasteiger partial charge in [-0.1, -0.05) is 22.9 Å². The average Bonchev–Trinajstić information content (AvgIpc) is 2.85. The summed E-state index contributed by atoms with van der Waals surface area (Å²) in [5.41, 5.74) is 3.60. The van der Waals surface area contributed by atoms with E-state index in [9.17, 15) is 9.59 Å². The number of hydrogen-bond acceptors (Lipinski definition) is 6. The minimum Gasteiger partial charge on any atom is -0.494 e. The third-order valence-electron chi connectivity index (χ3n) is 4.54. The summed E-state index contributed by atoms with van der Waals surface area (Å²) in [6.45, 7) is 4.30. The largest absolute Gasteiger partial charge is 0.494 e. The molecule has 1 amide bonds. The molecular weight excluding hydrogens is 500 g/mol. The quantitative estimate of drug-likeness (QED) is 0.166. The Bertz CT molecular complexity index is 1110. The zero-order chi connectivity index (χ0) is 24.3. The lowest BCUT2D eigenvalue weighted by Crippen LogP contribution is -2.33. The first-order chi connectivity index (χ1) is 16.4. The van der Waals surface area contributed by atoms with E-state index in [1.165, 1.54) is 6.21 Å². The van der Waals surface area contributed by atoms with Crippen LogP contribution in [0, 0.1) is 0 Å². The zero-order valence-electron chi connectivity index (χ0n) is 18.9. The standard InChI is InChI=1S/C26H25BrN2O5/c1-3-16-32-22-12-6-20(7-13-22)26(31)34-24-10-4-19(5-11-24)17-28-29-25(30)18(2)33-23-14-8-21(27)9-15-23/h4-15,17-18H,3,16H2,1-2H3,(H,29,30)/b28-17-/t18-/m1/s1. The Hall–Kier alpha value is -3.65. The summed E-state index contributed by atoms with van der Waals surface area (Å²) < 4.78 is 17.4. The van der Waals surface area contributed by atoms with E-state index in [1.807, 2.05) is 19.1 Å². The molecule has 3 aromatic carbocycles. The van der Waals surface area contributed by atoms with E-state index in [2.05, 4.69) is 26.5 Å². The minimum absolute atomic E-state index is 0.379. The van der Waals surface area contributed by atoms with Crippen LogP contribution in [0.15, 0.2) is 82.4 Å². The van der Waals surface area contributed by atoms with Crippen molar-refractivity contribution in [3.05, 3.63) is 88.4 Å². The fraction of sp³-hybridized carbons (Fsp3) is 0.192. The van der Waals surface area contributed by atoms with Gasteiger partial charge in [0.2, 0.25) is 0 Å². The number of ether oxygens (including phenoxy) is 3. The molecule has 7 nitrogen and oxygen atoms in total. The van der Waals surface area contributed by atoms with Crippen LogP contribution in [-0.2, 0) is 4.79 Å². The van der Waals surface area contributed by atoms with E-state index in [-0.39, 0.29) is 5.91 Å². The Morgan fingerprint density at radius 3 is 2.21 bits per heavy atom. The summed E-state index contributed by atoms with van der Waals surface area (Å²) in [7, 11) is 0. The van der Waals surface area contributed by atoms with Gasteiger partial charge in [-0.05, 0) is 91.7 Å². The van der Waals surface area contributed by atoms with Crippen LogP contribution in [0.1, 0.15) is 36.2 Å². The summed E-state index contributed by atoms with van der Waals surface area (Å²) in [6.07, 6.45) is 1.69. The predicted octanol–water partition coefficient (Wildman–Crippen LogP) is 5.37. The van der Waals surface area contributed by atoms with Gasteiger partial charge in [-0.3, -0.25) is 4.79 Å². The molecule has 0 spiro atoms. The van der Waals surface area contributed by atoms with Crippen molar-refractivity contribution < 1.29 is 23.8 Å². The van der Waals surface area contributed by atoms with Crippen molar-refractivity contribution >= 4 is 34.0 Å². The van der Waals surface area contributed by atoms with Crippen molar-refractivity contribution in [3.8, 4) is 17.2 Å². The lowest BCUT2D eigenvalue weighted by atomic mass is 10.2. The number of esters is 1. The molecule has 1 atom stereocenters. The molecule has 176 valence electrons. The van der Waals surface area contributed by atoms with Gasteiger partial charge in [0.15, 0.2) is 6.10 Å². The molecule has 0 saturated carbocycles. The maximum atomic E-state index is 12.3. The molecule has 3 rings (SSSR count). The molecule has 0 bridgehead atoms. The topological polar surface area (TPSA) is 86.2 Å². The summed E-state index contributed by atoms with van der Waals surface area (Å²) in [5, 5.41) is 3.95. The van der Waals surface area contributed by atoms with E-state index in [0.717, 1.165) is 16.5 Å². The molecule has 3 aromatic rings. The van der Waals surface area contributed by atoms with Crippen LogP contribution in [0.2, 0.25) is 0 Å². The highest BCUT2D eigenvalue weighted by molar-refractivity contribution is 9.10. The Morgan fingerprint density at radius 2 is 1.56 bits per heavy atom. The lowest BCUT2D eigenvalue weighted by molar-refractivity contribution is -0.127. The van der Waals surface area contributed by atoms with Crippen molar-refractivity contribution in [2.75, 3.05) is 6.61 Å². The maximum absolute atomic E-state index is 12.3. The molecule has 0 radical (unpaired) electrons. The number of nitrogens with one attached hydrogen (secondary N) is 1. The first-order valence-corrected chi connectivity index (χ1v) is 11.5. The van der Waals surface area contributed by atoms with E-state index in [4.69, 9.17) is 14.2 Å². The maximum Gasteiger partial charge on any atom is 0.343 e. The van der Waals surface area contributed by atoms with Gasteiger partial charge < -0.3 is 14.2 Å². The first kappa shape index (κ1) is 25.0. The van der Waals surface area contributed by atoms with E-state index < -0.39 is 12.1 Å². The van der Waals surface area contributed by atoms with Crippen LogP contribution in [-0.4, -0.2) is 30.8 Å². The second-order valence-electron chi connectivity index (χ2n) is 7.28. The molecule has 0 fully saturated rings. The zero-order valence-corrected chi connectivity index (χ0v) is 20.4. The number of amides is 1. The van der Waals surface area contributed by atoms with Gasteiger partial charge >= 0.3 is 5.97 Å². The third-order valence-corrected chi connectivity index (χ3v) is 5.07. The van der Waals surface area contributed by atoms with Crippen LogP contribution >= 0.6 is 15.9 Å². The van der Waals surface area contributed by atoms with Gasteiger partial charge in [-0.15, -0.1) is 0 Å². The Balaban J connectivity index is 1.47. The predicted molar refractivity (Wildman–Crippen MR) is 134 cm³/mol. The molecule has 0 heterocycles. The smallest absolute Gasteiger partial charge is 0.343 e. The van der Waals surface area contributed by atoms with Gasteiger partial charge in [0.05, 0.1) is 18.4 Å². The van der Waals surface area contributed by atoms with Crippen LogP contribution in [0.5, 0.6) is 17.2 Å². The van der Waals surface area contributed by atoms with Gasteiger partial charge in [-0.2, -0.15) is 5.10 Å². The first-order valence-electron chi connectivity index (χ1n) is 10.7. The van der Waals surface area contributed by atoms with Crippen LogP contribution in [0.3, 0.4) is 0 Å². The van der Waals surface area contributed by atoms with Crippen LogP contribution in [0.25, 0.3) is 0 Å². The number of carbonyl (C=O) groups is 2. The summed E-state index contributed by atoms with van der Waals surface area (Å²) in [4.78, 5) is 24.5. The number of rotatable bonds is 10. The monoisotopic (exact) mass is 524 g/mol. The number of benzene rings is 3. The number of hydrazone groups is 1. The number of carbonyl (C=O) groups excluding carboxylic acids is 2. The van der Waals surface area contributed by atoms with Crippen molar-refractivity contribution in [2.24, 2.45) is 5.10 Å². The fourth-order valence-electron chi connectivity index (χ4n) is 2.73. The Kier molecular flexibility index (Phi) is 9.22. The molecule has 0 saturated heterocycles. The van der Waals surface area contributed by atoms with Gasteiger partial charge in [0.1, 0.15) is 17.2 Å². The van der Waals surface area contributed by atoms with E-state index in [1.54, 1.807) is 67.6 Å². The number of halogens is 1. The summed E-state index contributed by atoms with van der Waals surface area (Å²) in [6, 6.07) is 20.8. The molecule has 8 heteroatoms. The highest BCUT2D eigenvalue weighted by Crippen LogP contribution is 2.18. The second kappa shape index (κ2) is 12.6. The highest BCUT2D eigenvalue weighted by Gasteiger charge is 2.14. The van der Waals surface area contributed by atoms with Gasteiger partial charge in [-0.25, -0.2) is 10.2 Å². The van der Waals surface area contributed by atoms with Crippen molar-refractivity contribution in [1.29, 1.82) is 0 Å². The minimum atomic E-state index is -0.715. The molecule has 1 N–H and O–H groups in total. The highest BCUT2D eigenvalue weighted by atomic mass is 79.9. The van der Waals surface area contributed by atoms with Crippen molar-refractivity contribution in [3.63, 3.8) is 0 Å². The average molecular weight is 525 g/mol. The lowest BCUT2D eigenvalue weighted by Gasteiger charge is -2.12. The van der Waals surface area contributed by atoms with E-state index in [0.29, 0.717) is 29.4 Å². The third kappa shape index (κ3) is 7.74. The molecule has 0 aliphatic rings.